The van der Waals surface area contributed by atoms with Crippen LogP contribution in [-0.2, 0) is 16.1 Å². The van der Waals surface area contributed by atoms with Gasteiger partial charge in [0.05, 0.1) is 18.8 Å². The Bertz CT molecular complexity index is 1190. The first-order valence-corrected chi connectivity index (χ1v) is 12.1. The fourth-order valence-corrected chi connectivity index (χ4v) is 4.64. The van der Waals surface area contributed by atoms with E-state index < -0.39 is 0 Å². The fourth-order valence-electron chi connectivity index (χ4n) is 4.64. The Morgan fingerprint density at radius 2 is 1.83 bits per heavy atom. The Kier molecular flexibility index (Phi) is 6.37. The summed E-state index contributed by atoms with van der Waals surface area (Å²) in [6.07, 6.45) is 4.23. The molecule has 1 atom stereocenters. The third-order valence-electron chi connectivity index (χ3n) is 6.44. The number of nitrogens with zero attached hydrogens (tertiary/aromatic N) is 9. The molecule has 3 aromatic rings. The largest absolute Gasteiger partial charge is 0.378 e. The van der Waals surface area contributed by atoms with Crippen molar-refractivity contribution in [2.24, 2.45) is 5.92 Å². The quantitative estimate of drug-likeness (QED) is 0.510. The molecule has 35 heavy (non-hydrogen) atoms. The summed E-state index contributed by atoms with van der Waals surface area (Å²) in [5.41, 5.74) is 7.96. The summed E-state index contributed by atoms with van der Waals surface area (Å²) in [6, 6.07) is 0.0980. The first-order valence-electron chi connectivity index (χ1n) is 12.1. The van der Waals surface area contributed by atoms with Gasteiger partial charge in [-0.3, -0.25) is 9.36 Å². The van der Waals surface area contributed by atoms with E-state index in [0.29, 0.717) is 50.2 Å². The lowest BCUT2D eigenvalue weighted by atomic mass is 10.2. The normalized spacial score (nSPS) is 19.1. The topological polar surface area (TPSA) is 131 Å². The molecule has 0 aliphatic carbocycles. The molecule has 0 aromatic carbocycles. The summed E-state index contributed by atoms with van der Waals surface area (Å²) in [4.78, 5) is 41.0. The molecule has 3 aromatic heterocycles. The second kappa shape index (κ2) is 9.61. The fraction of sp³-hybridized carbons (Fsp3) is 0.565. The standard InChI is InChI=1S/C23H32N10O2/c1-15(2)12-33-21-18(27-23(33)31-4-5-32(14-34)16(3)13-31)20(30-6-8-35-9-7-30)28-19(29-21)17-10-25-22(24)26-11-17/h10-11,14-16H,4-9,12-13H2,1-3H3,(H2,24,25,26)/t16-/m1/s1. The van der Waals surface area contributed by atoms with Gasteiger partial charge in [-0.05, 0) is 12.8 Å². The number of anilines is 3. The Labute approximate surface area is 204 Å². The van der Waals surface area contributed by atoms with E-state index >= 15 is 0 Å². The van der Waals surface area contributed by atoms with Gasteiger partial charge in [0.2, 0.25) is 18.3 Å². The molecule has 0 spiro atoms. The summed E-state index contributed by atoms with van der Waals surface area (Å²) >= 11 is 0. The average Bonchev–Trinajstić information content (AvgIpc) is 3.22. The van der Waals surface area contributed by atoms with Crippen molar-refractivity contribution < 1.29 is 9.53 Å². The van der Waals surface area contributed by atoms with Gasteiger partial charge >= 0.3 is 0 Å². The molecule has 2 aliphatic heterocycles. The number of aromatic nitrogens is 6. The molecule has 12 heteroatoms. The van der Waals surface area contributed by atoms with Crippen LogP contribution in [0.3, 0.4) is 0 Å². The maximum absolute atomic E-state index is 11.4. The highest BCUT2D eigenvalue weighted by molar-refractivity contribution is 5.88. The molecular formula is C23H32N10O2. The SMILES string of the molecule is CC(C)Cn1c(N2CCN(C=O)[C@H](C)C2)nc2c(N3CCOCC3)nc(-c3cnc(N)nc3)nc21. The van der Waals surface area contributed by atoms with Crippen LogP contribution in [0.5, 0.6) is 0 Å². The van der Waals surface area contributed by atoms with Gasteiger partial charge in [0, 0.05) is 57.7 Å². The highest BCUT2D eigenvalue weighted by Crippen LogP contribution is 2.32. The van der Waals surface area contributed by atoms with Crippen LogP contribution in [0, 0.1) is 5.92 Å². The molecule has 0 bridgehead atoms. The first-order chi connectivity index (χ1) is 16.9. The lowest BCUT2D eigenvalue weighted by Gasteiger charge is -2.38. The lowest BCUT2D eigenvalue weighted by Crippen LogP contribution is -2.52. The molecule has 5 heterocycles. The van der Waals surface area contributed by atoms with Crippen LogP contribution >= 0.6 is 0 Å². The number of piperazine rings is 1. The van der Waals surface area contributed by atoms with Gasteiger partial charge in [-0.25, -0.2) is 24.9 Å². The summed E-state index contributed by atoms with van der Waals surface area (Å²) in [6.45, 7) is 12.0. The molecule has 5 rings (SSSR count). The minimum absolute atomic E-state index is 0.0980. The molecular weight excluding hydrogens is 448 g/mol. The van der Waals surface area contributed by atoms with Gasteiger partial charge in [-0.15, -0.1) is 0 Å². The van der Waals surface area contributed by atoms with Crippen LogP contribution in [0.15, 0.2) is 12.4 Å². The van der Waals surface area contributed by atoms with E-state index in [0.717, 1.165) is 49.0 Å². The summed E-state index contributed by atoms with van der Waals surface area (Å²) < 4.78 is 7.78. The molecule has 1 amide bonds. The number of fused-ring (bicyclic) bond motifs is 1. The van der Waals surface area contributed by atoms with Crippen LogP contribution in [-0.4, -0.2) is 92.8 Å². The zero-order valence-electron chi connectivity index (χ0n) is 20.5. The van der Waals surface area contributed by atoms with Crippen LogP contribution in [0.1, 0.15) is 20.8 Å². The summed E-state index contributed by atoms with van der Waals surface area (Å²) in [7, 11) is 0. The van der Waals surface area contributed by atoms with Crippen molar-refractivity contribution in [3.05, 3.63) is 12.4 Å². The van der Waals surface area contributed by atoms with Crippen molar-refractivity contribution in [3.63, 3.8) is 0 Å². The molecule has 186 valence electrons. The van der Waals surface area contributed by atoms with E-state index in [9.17, 15) is 4.79 Å². The molecule has 0 unspecified atom stereocenters. The Morgan fingerprint density at radius 1 is 1.09 bits per heavy atom. The zero-order valence-corrected chi connectivity index (χ0v) is 20.5. The second-order valence-corrected chi connectivity index (χ2v) is 9.53. The number of nitrogens with two attached hydrogens (primary N) is 1. The van der Waals surface area contributed by atoms with Crippen LogP contribution in [0.25, 0.3) is 22.6 Å². The number of morpholine rings is 1. The number of rotatable bonds is 6. The average molecular weight is 481 g/mol. The summed E-state index contributed by atoms with van der Waals surface area (Å²) in [5.74, 6) is 2.77. The Hall–Kier alpha value is -3.54. The number of nitrogen functional groups attached to an aromatic ring is 1. The second-order valence-electron chi connectivity index (χ2n) is 9.53. The summed E-state index contributed by atoms with van der Waals surface area (Å²) in [5, 5.41) is 0. The van der Waals surface area contributed by atoms with Crippen molar-refractivity contribution >= 4 is 35.3 Å². The number of carbonyl (C=O) groups is 1. The van der Waals surface area contributed by atoms with E-state index in [2.05, 4.69) is 45.1 Å². The maximum atomic E-state index is 11.4. The minimum Gasteiger partial charge on any atom is -0.378 e. The van der Waals surface area contributed by atoms with Gasteiger partial charge in [0.15, 0.2) is 22.8 Å². The predicted octanol–water partition coefficient (Wildman–Crippen LogP) is 1.03. The van der Waals surface area contributed by atoms with Crippen molar-refractivity contribution in [1.29, 1.82) is 0 Å². The predicted molar refractivity (Wildman–Crippen MR) is 133 cm³/mol. The molecule has 12 nitrogen and oxygen atoms in total. The van der Waals surface area contributed by atoms with Gasteiger partial charge in [0.25, 0.3) is 0 Å². The van der Waals surface area contributed by atoms with E-state index in [1.165, 1.54) is 0 Å². The minimum atomic E-state index is 0.0980. The monoisotopic (exact) mass is 480 g/mol. The van der Waals surface area contributed by atoms with Crippen LogP contribution < -0.4 is 15.5 Å². The third kappa shape index (κ3) is 4.57. The van der Waals surface area contributed by atoms with Crippen molar-refractivity contribution in [2.75, 3.05) is 61.5 Å². The van der Waals surface area contributed by atoms with E-state index in [4.69, 9.17) is 25.4 Å². The third-order valence-corrected chi connectivity index (χ3v) is 6.44. The number of imidazole rings is 1. The van der Waals surface area contributed by atoms with Crippen molar-refractivity contribution in [3.8, 4) is 11.4 Å². The maximum Gasteiger partial charge on any atom is 0.219 e. The van der Waals surface area contributed by atoms with Gasteiger partial charge in [0.1, 0.15) is 0 Å². The highest BCUT2D eigenvalue weighted by Gasteiger charge is 2.29. The van der Waals surface area contributed by atoms with Gasteiger partial charge in [-0.2, -0.15) is 0 Å². The van der Waals surface area contributed by atoms with Gasteiger partial charge in [-0.1, -0.05) is 13.8 Å². The molecule has 2 aliphatic rings. The molecule has 2 saturated heterocycles. The van der Waals surface area contributed by atoms with E-state index in [1.807, 2.05) is 4.90 Å². The number of hydrogen-bond acceptors (Lipinski definition) is 10. The molecule has 2 N–H and O–H groups in total. The van der Waals surface area contributed by atoms with Gasteiger partial charge < -0.3 is 25.2 Å². The van der Waals surface area contributed by atoms with Crippen LogP contribution in [0.4, 0.5) is 17.7 Å². The number of carbonyl (C=O) groups excluding carboxylic acids is 1. The highest BCUT2D eigenvalue weighted by atomic mass is 16.5. The van der Waals surface area contributed by atoms with Crippen molar-refractivity contribution in [2.45, 2.75) is 33.4 Å². The van der Waals surface area contributed by atoms with E-state index in [1.54, 1.807) is 12.4 Å². The van der Waals surface area contributed by atoms with E-state index in [-0.39, 0.29) is 12.0 Å². The smallest absolute Gasteiger partial charge is 0.219 e. The Balaban J connectivity index is 1.67. The number of amides is 1. The zero-order chi connectivity index (χ0) is 24.5. The lowest BCUT2D eigenvalue weighted by molar-refractivity contribution is -0.120. The molecule has 0 radical (unpaired) electrons. The number of hydrogen-bond donors (Lipinski definition) is 1. The Morgan fingerprint density at radius 3 is 2.49 bits per heavy atom. The molecule has 2 fully saturated rings. The van der Waals surface area contributed by atoms with Crippen LogP contribution in [0.2, 0.25) is 0 Å². The van der Waals surface area contributed by atoms with Crippen molar-refractivity contribution in [1.82, 2.24) is 34.4 Å². The number of ether oxygens (including phenoxy) is 1. The molecule has 0 saturated carbocycles. The first kappa shape index (κ1) is 23.2.